The number of anilines is 1. The van der Waals surface area contributed by atoms with Gasteiger partial charge in [0.2, 0.25) is 5.91 Å². The first kappa shape index (κ1) is 17.5. The highest BCUT2D eigenvalue weighted by molar-refractivity contribution is 5.95. The number of carbonyl (C=O) groups excluding carboxylic acids is 1. The van der Waals surface area contributed by atoms with Crippen molar-refractivity contribution in [3.8, 4) is 5.75 Å². The van der Waals surface area contributed by atoms with Gasteiger partial charge in [0, 0.05) is 24.2 Å². The van der Waals surface area contributed by atoms with Gasteiger partial charge in [-0.2, -0.15) is 0 Å². The topological polar surface area (TPSA) is 50.4 Å². The summed E-state index contributed by atoms with van der Waals surface area (Å²) in [7, 11) is 1.10. The Bertz CT molecular complexity index is 519. The predicted molar refractivity (Wildman–Crippen MR) is 70.1 cm³/mol. The third-order valence-electron chi connectivity index (χ3n) is 2.90. The molecule has 1 amide bonds. The van der Waals surface area contributed by atoms with E-state index in [1.54, 1.807) is 0 Å². The predicted octanol–water partition coefficient (Wildman–Crippen LogP) is 2.33. The van der Waals surface area contributed by atoms with Crippen LogP contribution in [0.3, 0.4) is 0 Å². The molecule has 21 heavy (non-hydrogen) atoms. The van der Waals surface area contributed by atoms with Gasteiger partial charge in [-0.05, 0) is 0 Å². The second kappa shape index (κ2) is 6.48. The minimum absolute atomic E-state index is 0. The molecule has 0 radical (unpaired) electrons. The van der Waals surface area contributed by atoms with Crippen molar-refractivity contribution in [1.29, 1.82) is 0 Å². The molecule has 1 aliphatic heterocycles. The van der Waals surface area contributed by atoms with Crippen LogP contribution >= 0.6 is 12.4 Å². The summed E-state index contributed by atoms with van der Waals surface area (Å²) in [5.74, 6) is -6.29. The van der Waals surface area contributed by atoms with Crippen LogP contribution in [0.1, 0.15) is 6.42 Å². The fraction of sp³-hybridized carbons (Fsp3) is 0.417. The van der Waals surface area contributed by atoms with Crippen molar-refractivity contribution >= 4 is 24.0 Å². The number of ether oxygens (including phenoxy) is 1. The van der Waals surface area contributed by atoms with Gasteiger partial charge >= 0.3 is 0 Å². The Morgan fingerprint density at radius 3 is 2.38 bits per heavy atom. The third kappa shape index (κ3) is 3.98. The van der Waals surface area contributed by atoms with Crippen LogP contribution in [0.25, 0.3) is 0 Å². The summed E-state index contributed by atoms with van der Waals surface area (Å²) in [6.45, 7) is -0.601. The number of hydrogen-bond acceptors (Lipinski definition) is 3. The summed E-state index contributed by atoms with van der Waals surface area (Å²) in [5, 5.41) is 4.53. The zero-order valence-electron chi connectivity index (χ0n) is 10.9. The molecule has 1 fully saturated rings. The van der Waals surface area contributed by atoms with Crippen molar-refractivity contribution in [3.63, 3.8) is 0 Å². The molecule has 4 nitrogen and oxygen atoms in total. The van der Waals surface area contributed by atoms with E-state index in [-0.39, 0.29) is 18.1 Å². The summed E-state index contributed by atoms with van der Waals surface area (Å²) < 4.78 is 57.2. The first-order chi connectivity index (χ1) is 9.32. The highest BCUT2D eigenvalue weighted by Gasteiger charge is 2.42. The number of hydrogen-bond donors (Lipinski definition) is 2. The fourth-order valence-electron chi connectivity index (χ4n) is 1.96. The minimum Gasteiger partial charge on any atom is -0.491 e. The number of methoxy groups -OCH3 is 1. The largest absolute Gasteiger partial charge is 0.491 e. The van der Waals surface area contributed by atoms with E-state index in [1.807, 2.05) is 0 Å². The Morgan fingerprint density at radius 2 is 1.95 bits per heavy atom. The molecule has 0 aromatic heterocycles. The van der Waals surface area contributed by atoms with E-state index < -0.39 is 48.2 Å². The van der Waals surface area contributed by atoms with Crippen molar-refractivity contribution in [2.75, 3.05) is 19.0 Å². The molecule has 0 spiro atoms. The molecule has 2 rings (SSSR count). The van der Waals surface area contributed by atoms with E-state index >= 15 is 0 Å². The maximum absolute atomic E-state index is 13.4. The highest BCUT2D eigenvalue weighted by atomic mass is 35.5. The lowest BCUT2D eigenvalue weighted by atomic mass is 10.1. The molecule has 1 saturated heterocycles. The van der Waals surface area contributed by atoms with Crippen LogP contribution in [0.5, 0.6) is 5.75 Å². The molecule has 0 bridgehead atoms. The number of carbonyl (C=O) groups is 1. The molecule has 2 N–H and O–H groups in total. The smallest absolute Gasteiger partial charge is 0.262 e. The van der Waals surface area contributed by atoms with E-state index in [0.29, 0.717) is 0 Å². The Balaban J connectivity index is 0.00000220. The quantitative estimate of drug-likeness (QED) is 0.837. The van der Waals surface area contributed by atoms with E-state index in [0.717, 1.165) is 19.2 Å². The van der Waals surface area contributed by atoms with Gasteiger partial charge in [-0.25, -0.2) is 17.6 Å². The van der Waals surface area contributed by atoms with Crippen molar-refractivity contribution in [3.05, 3.63) is 23.8 Å². The van der Waals surface area contributed by atoms with Gasteiger partial charge in [-0.15, -0.1) is 12.4 Å². The summed E-state index contributed by atoms with van der Waals surface area (Å²) in [6.07, 6.45) is -0.653. The molecular weight excluding hydrogens is 316 g/mol. The summed E-state index contributed by atoms with van der Waals surface area (Å²) in [4.78, 5) is 11.7. The molecule has 9 heteroatoms. The zero-order valence-corrected chi connectivity index (χ0v) is 11.7. The van der Waals surface area contributed by atoms with Gasteiger partial charge in [0.1, 0.15) is 0 Å². The number of alkyl halides is 2. The van der Waals surface area contributed by atoms with Crippen LogP contribution in [-0.2, 0) is 4.79 Å². The molecule has 0 aliphatic carbocycles. The first-order valence-corrected chi connectivity index (χ1v) is 5.77. The Kier molecular flexibility index (Phi) is 5.41. The second-order valence-electron chi connectivity index (χ2n) is 4.46. The van der Waals surface area contributed by atoms with E-state index in [1.165, 1.54) is 0 Å². The van der Waals surface area contributed by atoms with Crippen LogP contribution in [0.15, 0.2) is 12.1 Å². The summed E-state index contributed by atoms with van der Waals surface area (Å²) >= 11 is 0. The number of benzene rings is 1. The summed E-state index contributed by atoms with van der Waals surface area (Å²) in [6, 6.07) is 0.609. The molecular formula is C12H13ClF4N2O2. The number of halogens is 5. The monoisotopic (exact) mass is 328 g/mol. The van der Waals surface area contributed by atoms with Gasteiger partial charge < -0.3 is 10.1 Å². The van der Waals surface area contributed by atoms with E-state index in [4.69, 9.17) is 0 Å². The van der Waals surface area contributed by atoms with Gasteiger partial charge in [0.25, 0.3) is 5.92 Å². The Labute approximate surface area is 124 Å². The minimum atomic E-state index is -2.96. The Morgan fingerprint density at radius 1 is 1.38 bits per heavy atom. The second-order valence-corrected chi connectivity index (χ2v) is 4.46. The lowest BCUT2D eigenvalue weighted by Crippen LogP contribution is -2.35. The molecule has 1 aliphatic rings. The third-order valence-corrected chi connectivity index (χ3v) is 2.90. The number of rotatable bonds is 3. The SMILES string of the molecule is COc1c(F)cc(NC(=O)C2CC(F)(F)CN2)cc1F.Cl. The average Bonchev–Trinajstić information content (AvgIpc) is 2.69. The average molecular weight is 329 g/mol. The lowest BCUT2D eigenvalue weighted by molar-refractivity contribution is -0.118. The lowest BCUT2D eigenvalue weighted by Gasteiger charge is -2.12. The normalized spacial score (nSPS) is 19.8. The molecule has 118 valence electrons. The first-order valence-electron chi connectivity index (χ1n) is 5.77. The van der Waals surface area contributed by atoms with Gasteiger partial charge in [0.05, 0.1) is 19.7 Å². The van der Waals surface area contributed by atoms with Crippen molar-refractivity contribution in [2.24, 2.45) is 0 Å². The highest BCUT2D eigenvalue weighted by Crippen LogP contribution is 2.28. The molecule has 1 heterocycles. The van der Waals surface area contributed by atoms with Crippen LogP contribution in [0.2, 0.25) is 0 Å². The fourth-order valence-corrected chi connectivity index (χ4v) is 1.96. The Hall–Kier alpha value is -1.54. The van der Waals surface area contributed by atoms with Crippen molar-refractivity contribution < 1.29 is 27.1 Å². The molecule has 1 aromatic carbocycles. The van der Waals surface area contributed by atoms with Crippen LogP contribution in [0, 0.1) is 11.6 Å². The summed E-state index contributed by atoms with van der Waals surface area (Å²) in [5.41, 5.74) is -0.164. The molecule has 1 atom stereocenters. The molecule has 1 aromatic rings. The maximum Gasteiger partial charge on any atom is 0.262 e. The number of nitrogens with one attached hydrogen (secondary N) is 2. The van der Waals surface area contributed by atoms with Crippen LogP contribution in [0.4, 0.5) is 23.2 Å². The van der Waals surface area contributed by atoms with Gasteiger partial charge in [-0.1, -0.05) is 0 Å². The van der Waals surface area contributed by atoms with E-state index in [9.17, 15) is 22.4 Å². The molecule has 0 saturated carbocycles. The van der Waals surface area contributed by atoms with Crippen molar-refractivity contribution in [2.45, 2.75) is 18.4 Å². The van der Waals surface area contributed by atoms with Crippen molar-refractivity contribution in [1.82, 2.24) is 5.32 Å². The standard InChI is InChI=1S/C12H12F4N2O2.ClH/c1-20-10-7(13)2-6(3-8(10)14)18-11(19)9-4-12(15,16)5-17-9;/h2-3,9,17H,4-5H2,1H3,(H,18,19);1H. The van der Waals surface area contributed by atoms with Gasteiger partial charge in [0.15, 0.2) is 17.4 Å². The molecule has 1 unspecified atom stereocenters. The maximum atomic E-state index is 13.4. The van der Waals surface area contributed by atoms with E-state index in [2.05, 4.69) is 15.4 Å². The van der Waals surface area contributed by atoms with Crippen LogP contribution in [-0.4, -0.2) is 31.5 Å². The zero-order chi connectivity index (χ0) is 14.9. The van der Waals surface area contributed by atoms with Crippen LogP contribution < -0.4 is 15.4 Å². The number of amides is 1. The van der Waals surface area contributed by atoms with Gasteiger partial charge in [-0.3, -0.25) is 10.1 Å².